The minimum absolute atomic E-state index is 0.0819. The molecule has 0 bridgehead atoms. The molecular formula is C22H23ClFN5. The topological polar surface area (TPSA) is 62.7 Å². The number of aryl methyl sites for hydroxylation is 1. The molecule has 1 aromatic carbocycles. The van der Waals surface area contributed by atoms with Gasteiger partial charge in [0.2, 0.25) is 5.95 Å². The molecule has 3 rings (SSSR count). The quantitative estimate of drug-likeness (QED) is 0.436. The molecule has 0 fully saturated rings. The average molecular weight is 412 g/mol. The van der Waals surface area contributed by atoms with Crippen LogP contribution < -0.4 is 10.6 Å². The Balaban J connectivity index is 1.98. The number of terminal acetylenes is 1. The van der Waals surface area contributed by atoms with E-state index in [0.29, 0.717) is 27.7 Å². The summed E-state index contributed by atoms with van der Waals surface area (Å²) < 4.78 is 13.3. The molecule has 2 heterocycles. The molecule has 2 N–H and O–H groups in total. The average Bonchev–Trinajstić information content (AvgIpc) is 2.64. The van der Waals surface area contributed by atoms with Gasteiger partial charge in [-0.1, -0.05) is 38.3 Å². The molecule has 0 aliphatic carbocycles. The van der Waals surface area contributed by atoms with Gasteiger partial charge in [-0.25, -0.2) is 15.0 Å². The summed E-state index contributed by atoms with van der Waals surface area (Å²) in [5.41, 5.74) is 2.70. The van der Waals surface area contributed by atoms with Crippen molar-refractivity contribution in [2.45, 2.75) is 33.7 Å². The third-order valence-corrected chi connectivity index (χ3v) is 4.65. The highest BCUT2D eigenvalue weighted by atomic mass is 35.5. The number of hydrogen-bond donors (Lipinski definition) is 2. The zero-order valence-electron chi connectivity index (χ0n) is 16.8. The fraction of sp³-hybridized carbons (Fsp3) is 0.318. The molecule has 0 unspecified atom stereocenters. The summed E-state index contributed by atoms with van der Waals surface area (Å²) in [4.78, 5) is 12.5. The zero-order valence-corrected chi connectivity index (χ0v) is 17.6. The van der Waals surface area contributed by atoms with Crippen molar-refractivity contribution >= 4 is 34.0 Å². The van der Waals surface area contributed by atoms with E-state index in [2.05, 4.69) is 52.3 Å². The number of nitrogens with zero attached hydrogens (tertiary/aromatic N) is 3. The van der Waals surface area contributed by atoms with Crippen LogP contribution in [0.25, 0.3) is 10.9 Å². The van der Waals surface area contributed by atoms with Gasteiger partial charge in [-0.15, -0.1) is 6.42 Å². The number of benzene rings is 1. The molecule has 0 aliphatic rings. The van der Waals surface area contributed by atoms with Gasteiger partial charge in [-0.2, -0.15) is 4.39 Å². The number of pyridine rings is 1. The molecule has 29 heavy (non-hydrogen) atoms. The van der Waals surface area contributed by atoms with Crippen molar-refractivity contribution < 1.29 is 4.39 Å². The number of anilines is 2. The van der Waals surface area contributed by atoms with E-state index in [-0.39, 0.29) is 5.41 Å². The summed E-state index contributed by atoms with van der Waals surface area (Å²) in [5, 5.41) is 7.91. The van der Waals surface area contributed by atoms with Crippen molar-refractivity contribution in [3.05, 3.63) is 52.8 Å². The number of hydrogen-bond acceptors (Lipinski definition) is 5. The Hall–Kier alpha value is -2.91. The summed E-state index contributed by atoms with van der Waals surface area (Å²) in [7, 11) is 0. The van der Waals surface area contributed by atoms with Gasteiger partial charge >= 0.3 is 0 Å². The van der Waals surface area contributed by atoms with Crippen LogP contribution in [0.2, 0.25) is 5.02 Å². The Morgan fingerprint density at radius 2 is 2.00 bits per heavy atom. The maximum Gasteiger partial charge on any atom is 0.213 e. The van der Waals surface area contributed by atoms with E-state index in [0.717, 1.165) is 17.5 Å². The van der Waals surface area contributed by atoms with Crippen molar-refractivity contribution in [2.75, 3.05) is 17.2 Å². The molecule has 0 saturated heterocycles. The monoisotopic (exact) mass is 411 g/mol. The van der Waals surface area contributed by atoms with Gasteiger partial charge < -0.3 is 10.6 Å². The number of rotatable bonds is 5. The fourth-order valence-corrected chi connectivity index (χ4v) is 3.19. The van der Waals surface area contributed by atoms with Crippen LogP contribution in [-0.4, -0.2) is 21.5 Å². The smallest absolute Gasteiger partial charge is 0.213 e. The molecule has 0 saturated carbocycles. The van der Waals surface area contributed by atoms with E-state index < -0.39 is 12.0 Å². The van der Waals surface area contributed by atoms with Gasteiger partial charge in [0.05, 0.1) is 10.5 Å². The largest absolute Gasteiger partial charge is 0.369 e. The van der Waals surface area contributed by atoms with Gasteiger partial charge in [0.1, 0.15) is 18.2 Å². The first kappa shape index (κ1) is 20.8. The van der Waals surface area contributed by atoms with E-state index in [4.69, 9.17) is 18.0 Å². The summed E-state index contributed by atoms with van der Waals surface area (Å²) in [6, 6.07) is 6.11. The molecule has 7 heteroatoms. The Morgan fingerprint density at radius 3 is 2.66 bits per heavy atom. The second kappa shape index (κ2) is 8.22. The third-order valence-electron chi connectivity index (χ3n) is 4.36. The highest BCUT2D eigenvalue weighted by molar-refractivity contribution is 6.35. The van der Waals surface area contributed by atoms with Gasteiger partial charge in [-0.3, -0.25) is 0 Å². The lowest BCUT2D eigenvalue weighted by Crippen LogP contribution is -2.19. The Kier molecular flexibility index (Phi) is 5.90. The highest BCUT2D eigenvalue weighted by Gasteiger charge is 2.16. The molecule has 5 nitrogen and oxygen atoms in total. The lowest BCUT2D eigenvalue weighted by molar-refractivity contribution is 0.442. The normalized spacial score (nSPS) is 12.4. The third kappa shape index (κ3) is 4.93. The first-order chi connectivity index (χ1) is 13.7. The second-order valence-corrected chi connectivity index (χ2v) is 8.45. The standard InChI is InChI=1S/C22H23ClFN5/c1-6-18(15-7-8-19(24)28-13(15)2)29-14-9-16-20(17(23)10-14)26-12-27-21(16)25-11-22(3,4)5/h1,7-10,12,18,29H,11H2,2-5H3,(H,25,26,27)/t18-/m1/s1. The van der Waals surface area contributed by atoms with E-state index >= 15 is 0 Å². The van der Waals surface area contributed by atoms with Crippen LogP contribution in [0.15, 0.2) is 30.6 Å². The van der Waals surface area contributed by atoms with Crippen LogP contribution in [0, 0.1) is 30.6 Å². The lowest BCUT2D eigenvalue weighted by atomic mass is 9.97. The lowest BCUT2D eigenvalue weighted by Gasteiger charge is -2.20. The van der Waals surface area contributed by atoms with E-state index in [1.165, 1.54) is 12.4 Å². The second-order valence-electron chi connectivity index (χ2n) is 8.04. The summed E-state index contributed by atoms with van der Waals surface area (Å²) in [5.74, 6) is 2.85. The maximum absolute atomic E-state index is 13.3. The van der Waals surface area contributed by atoms with Crippen LogP contribution in [0.5, 0.6) is 0 Å². The van der Waals surface area contributed by atoms with Crippen LogP contribution in [0.1, 0.15) is 38.1 Å². The molecular weight excluding hydrogens is 389 g/mol. The SMILES string of the molecule is C#C[C@@H](Nc1cc(Cl)c2ncnc(NCC(C)(C)C)c2c1)c1ccc(F)nc1C. The molecule has 0 radical (unpaired) electrons. The minimum Gasteiger partial charge on any atom is -0.369 e. The predicted octanol–water partition coefficient (Wildman–Crippen LogP) is 5.37. The Morgan fingerprint density at radius 1 is 1.24 bits per heavy atom. The van der Waals surface area contributed by atoms with Crippen molar-refractivity contribution in [3.63, 3.8) is 0 Å². The number of fused-ring (bicyclic) bond motifs is 1. The molecule has 2 aromatic heterocycles. The molecule has 0 aliphatic heterocycles. The Labute approximate surface area is 175 Å². The molecule has 1 atom stereocenters. The van der Waals surface area contributed by atoms with Crippen molar-refractivity contribution in [3.8, 4) is 12.3 Å². The van der Waals surface area contributed by atoms with E-state index in [1.807, 2.05) is 6.07 Å². The van der Waals surface area contributed by atoms with Gasteiger partial charge in [0.15, 0.2) is 0 Å². The first-order valence-electron chi connectivity index (χ1n) is 9.22. The molecule has 3 aromatic rings. The van der Waals surface area contributed by atoms with Crippen LogP contribution in [-0.2, 0) is 0 Å². The summed E-state index contributed by atoms with van der Waals surface area (Å²) >= 11 is 6.48. The van der Waals surface area contributed by atoms with E-state index in [1.54, 1.807) is 19.1 Å². The van der Waals surface area contributed by atoms with Crippen molar-refractivity contribution in [1.82, 2.24) is 15.0 Å². The highest BCUT2D eigenvalue weighted by Crippen LogP contribution is 2.32. The first-order valence-corrected chi connectivity index (χ1v) is 9.59. The molecule has 0 amide bonds. The van der Waals surface area contributed by atoms with Gasteiger partial charge in [-0.05, 0) is 36.6 Å². The van der Waals surface area contributed by atoms with Crippen LogP contribution >= 0.6 is 11.6 Å². The number of halogens is 2. The molecule has 0 spiro atoms. The maximum atomic E-state index is 13.3. The van der Waals surface area contributed by atoms with E-state index in [9.17, 15) is 4.39 Å². The van der Waals surface area contributed by atoms with Gasteiger partial charge in [0.25, 0.3) is 0 Å². The Bertz CT molecular complexity index is 1080. The minimum atomic E-state index is -0.539. The molecule has 150 valence electrons. The summed E-state index contributed by atoms with van der Waals surface area (Å²) in [6.45, 7) is 8.88. The van der Waals surface area contributed by atoms with Crippen molar-refractivity contribution in [1.29, 1.82) is 0 Å². The van der Waals surface area contributed by atoms with Crippen LogP contribution in [0.3, 0.4) is 0 Å². The number of aromatic nitrogens is 3. The van der Waals surface area contributed by atoms with Crippen LogP contribution in [0.4, 0.5) is 15.9 Å². The van der Waals surface area contributed by atoms with Gasteiger partial charge in [0, 0.05) is 28.9 Å². The zero-order chi connectivity index (χ0) is 21.2. The summed E-state index contributed by atoms with van der Waals surface area (Å²) in [6.07, 6.45) is 7.22. The predicted molar refractivity (Wildman–Crippen MR) is 117 cm³/mol. The van der Waals surface area contributed by atoms with Crippen molar-refractivity contribution in [2.24, 2.45) is 5.41 Å². The number of nitrogens with one attached hydrogen (secondary N) is 2. The fourth-order valence-electron chi connectivity index (χ4n) is 2.92.